The molecule has 0 fully saturated rings. The molecule has 0 bridgehead atoms. The third-order valence-electron chi connectivity index (χ3n) is 1.64. The number of hydrogen-bond acceptors (Lipinski definition) is 3. The molecule has 0 amide bonds. The molecular weight excluding hydrogens is 172 g/mol. The van der Waals surface area contributed by atoms with Crippen LogP contribution in [0, 0.1) is 13.8 Å². The van der Waals surface area contributed by atoms with Crippen molar-refractivity contribution < 1.29 is 9.47 Å². The fourth-order valence-corrected chi connectivity index (χ4v) is 2.16. The molecule has 0 radical (unpaired) electrons. The first-order valence-electron chi connectivity index (χ1n) is 3.97. The fraction of sp³-hybridized carbons (Fsp3) is 0.556. The van der Waals surface area contributed by atoms with E-state index in [-0.39, 0.29) is 0 Å². The highest BCUT2D eigenvalue weighted by Crippen LogP contribution is 2.40. The number of hydrogen-bond donors (Lipinski definition) is 0. The molecular formula is C9H14O2S. The summed E-state index contributed by atoms with van der Waals surface area (Å²) in [5.74, 6) is 1.79. The molecule has 0 saturated heterocycles. The van der Waals surface area contributed by atoms with Crippen molar-refractivity contribution in [2.75, 3.05) is 13.7 Å². The zero-order valence-corrected chi connectivity index (χ0v) is 8.75. The minimum atomic E-state index is 0.688. The summed E-state index contributed by atoms with van der Waals surface area (Å²) >= 11 is 1.71. The van der Waals surface area contributed by atoms with E-state index in [2.05, 4.69) is 0 Å². The van der Waals surface area contributed by atoms with E-state index in [1.54, 1.807) is 18.4 Å². The van der Waals surface area contributed by atoms with Crippen molar-refractivity contribution in [3.05, 3.63) is 9.75 Å². The van der Waals surface area contributed by atoms with Gasteiger partial charge in [-0.15, -0.1) is 11.3 Å². The molecule has 0 N–H and O–H groups in total. The summed E-state index contributed by atoms with van der Waals surface area (Å²) in [6, 6.07) is 0. The number of rotatable bonds is 3. The van der Waals surface area contributed by atoms with Crippen LogP contribution in [0.15, 0.2) is 0 Å². The highest BCUT2D eigenvalue weighted by atomic mass is 32.1. The highest BCUT2D eigenvalue weighted by Gasteiger charge is 2.13. The van der Waals surface area contributed by atoms with E-state index in [0.717, 1.165) is 11.5 Å². The van der Waals surface area contributed by atoms with Crippen molar-refractivity contribution in [3.63, 3.8) is 0 Å². The SMILES string of the molecule is CCOc1c(C)sc(C)c1OC. The molecule has 0 aliphatic carbocycles. The van der Waals surface area contributed by atoms with Crippen molar-refractivity contribution in [1.29, 1.82) is 0 Å². The van der Waals surface area contributed by atoms with E-state index < -0.39 is 0 Å². The van der Waals surface area contributed by atoms with Crippen LogP contribution in [0.5, 0.6) is 11.5 Å². The second-order valence-electron chi connectivity index (χ2n) is 2.51. The largest absolute Gasteiger partial charge is 0.492 e. The van der Waals surface area contributed by atoms with Gasteiger partial charge >= 0.3 is 0 Å². The van der Waals surface area contributed by atoms with Gasteiger partial charge in [-0.3, -0.25) is 0 Å². The third kappa shape index (κ3) is 1.55. The van der Waals surface area contributed by atoms with Gasteiger partial charge in [0, 0.05) is 9.75 Å². The summed E-state index contributed by atoms with van der Waals surface area (Å²) < 4.78 is 10.7. The van der Waals surface area contributed by atoms with Gasteiger partial charge in [0.15, 0.2) is 11.5 Å². The molecule has 0 spiro atoms. The van der Waals surface area contributed by atoms with Crippen LogP contribution in [-0.4, -0.2) is 13.7 Å². The molecule has 1 aromatic rings. The van der Waals surface area contributed by atoms with E-state index in [9.17, 15) is 0 Å². The molecule has 3 heteroatoms. The fourth-order valence-electron chi connectivity index (χ4n) is 1.19. The molecule has 12 heavy (non-hydrogen) atoms. The van der Waals surface area contributed by atoms with Crippen LogP contribution in [-0.2, 0) is 0 Å². The lowest BCUT2D eigenvalue weighted by Gasteiger charge is -2.05. The van der Waals surface area contributed by atoms with Crippen LogP contribution in [0.4, 0.5) is 0 Å². The Labute approximate surface area is 77.1 Å². The average Bonchev–Trinajstić information content (AvgIpc) is 2.28. The first kappa shape index (κ1) is 9.39. The minimum Gasteiger partial charge on any atom is -0.492 e. The molecule has 68 valence electrons. The maximum absolute atomic E-state index is 5.46. The monoisotopic (exact) mass is 186 g/mol. The Balaban J connectivity index is 3.04. The summed E-state index contributed by atoms with van der Waals surface area (Å²) in [5.41, 5.74) is 0. The Hall–Kier alpha value is -0.700. The summed E-state index contributed by atoms with van der Waals surface area (Å²) in [7, 11) is 1.68. The zero-order valence-electron chi connectivity index (χ0n) is 7.93. The Morgan fingerprint density at radius 2 is 1.75 bits per heavy atom. The number of aryl methyl sites for hydroxylation is 2. The van der Waals surface area contributed by atoms with Crippen molar-refractivity contribution in [2.45, 2.75) is 20.8 Å². The van der Waals surface area contributed by atoms with Crippen LogP contribution >= 0.6 is 11.3 Å². The molecule has 0 saturated carbocycles. The topological polar surface area (TPSA) is 18.5 Å². The van der Waals surface area contributed by atoms with E-state index in [1.165, 1.54) is 9.75 Å². The quantitative estimate of drug-likeness (QED) is 0.722. The van der Waals surface area contributed by atoms with Crippen molar-refractivity contribution in [1.82, 2.24) is 0 Å². The summed E-state index contributed by atoms with van der Waals surface area (Å²) in [6.45, 7) is 6.75. The highest BCUT2D eigenvalue weighted by molar-refractivity contribution is 7.12. The number of thiophene rings is 1. The van der Waals surface area contributed by atoms with Crippen LogP contribution in [0.1, 0.15) is 16.7 Å². The van der Waals surface area contributed by atoms with E-state index >= 15 is 0 Å². The molecule has 0 aliphatic heterocycles. The van der Waals surface area contributed by atoms with Gasteiger partial charge in [-0.25, -0.2) is 0 Å². The lowest BCUT2D eigenvalue weighted by molar-refractivity contribution is 0.311. The normalized spacial score (nSPS) is 10.0. The van der Waals surface area contributed by atoms with Crippen LogP contribution < -0.4 is 9.47 Å². The standard InChI is InChI=1S/C9H14O2S/c1-5-11-9-7(3)12-6(2)8(9)10-4/h5H2,1-4H3. The third-order valence-corrected chi connectivity index (χ3v) is 2.63. The molecule has 1 aromatic heterocycles. The van der Waals surface area contributed by atoms with Crippen molar-refractivity contribution in [2.24, 2.45) is 0 Å². The van der Waals surface area contributed by atoms with Gasteiger partial charge < -0.3 is 9.47 Å². The van der Waals surface area contributed by atoms with E-state index in [1.807, 2.05) is 20.8 Å². The zero-order chi connectivity index (χ0) is 9.14. The summed E-state index contributed by atoms with van der Waals surface area (Å²) in [5, 5.41) is 0. The predicted molar refractivity (Wildman–Crippen MR) is 51.5 cm³/mol. The molecule has 0 unspecified atom stereocenters. The summed E-state index contributed by atoms with van der Waals surface area (Å²) in [6.07, 6.45) is 0. The molecule has 1 rings (SSSR count). The lowest BCUT2D eigenvalue weighted by Crippen LogP contribution is -1.94. The van der Waals surface area contributed by atoms with Crippen LogP contribution in [0.2, 0.25) is 0 Å². The minimum absolute atomic E-state index is 0.688. The Morgan fingerprint density at radius 3 is 2.25 bits per heavy atom. The van der Waals surface area contributed by atoms with Gasteiger partial charge in [0.2, 0.25) is 0 Å². The number of methoxy groups -OCH3 is 1. The molecule has 2 nitrogen and oxygen atoms in total. The maximum Gasteiger partial charge on any atom is 0.175 e. The lowest BCUT2D eigenvalue weighted by atomic mass is 10.4. The van der Waals surface area contributed by atoms with E-state index in [0.29, 0.717) is 6.61 Å². The van der Waals surface area contributed by atoms with Gasteiger partial charge in [0.25, 0.3) is 0 Å². The predicted octanol–water partition coefficient (Wildman–Crippen LogP) is 2.77. The average molecular weight is 186 g/mol. The van der Waals surface area contributed by atoms with Gasteiger partial charge in [0.05, 0.1) is 13.7 Å². The van der Waals surface area contributed by atoms with Gasteiger partial charge in [-0.2, -0.15) is 0 Å². The Bertz CT molecular complexity index is 266. The molecule has 0 aromatic carbocycles. The smallest absolute Gasteiger partial charge is 0.175 e. The van der Waals surface area contributed by atoms with Gasteiger partial charge in [-0.05, 0) is 20.8 Å². The first-order valence-corrected chi connectivity index (χ1v) is 4.79. The maximum atomic E-state index is 5.46. The Kier molecular flexibility index (Phi) is 2.98. The van der Waals surface area contributed by atoms with Gasteiger partial charge in [0.1, 0.15) is 0 Å². The molecule has 0 aliphatic rings. The second kappa shape index (κ2) is 3.81. The van der Waals surface area contributed by atoms with Crippen molar-refractivity contribution >= 4 is 11.3 Å². The van der Waals surface area contributed by atoms with E-state index in [4.69, 9.17) is 9.47 Å². The van der Waals surface area contributed by atoms with Crippen LogP contribution in [0.25, 0.3) is 0 Å². The van der Waals surface area contributed by atoms with Gasteiger partial charge in [-0.1, -0.05) is 0 Å². The first-order chi connectivity index (χ1) is 5.70. The molecule has 0 atom stereocenters. The summed E-state index contributed by atoms with van der Waals surface area (Å²) in [4.78, 5) is 2.37. The number of ether oxygens (including phenoxy) is 2. The molecule has 1 heterocycles. The van der Waals surface area contributed by atoms with Crippen molar-refractivity contribution in [3.8, 4) is 11.5 Å². The Morgan fingerprint density at radius 1 is 1.17 bits per heavy atom. The second-order valence-corrected chi connectivity index (χ2v) is 3.94. The van der Waals surface area contributed by atoms with Crippen LogP contribution in [0.3, 0.4) is 0 Å².